The molecule has 1 heterocycles. The van der Waals surface area contributed by atoms with Gasteiger partial charge in [-0.05, 0) is 43.5 Å². The maximum atomic E-state index is 12.6. The molecule has 1 aromatic heterocycles. The standard InChI is InChI=1S/C22H26N2O4/c25-21(17-8-2-1-3-9-17)24-20(16-19-12-6-14-28-19)22(26)23-13-7-15-27-18-10-4-5-11-18/h1-3,6,8-9,12,14,16,18H,4-5,7,10-11,13,15H2,(H,23,26)(H,24,25)/b20-16-. The van der Waals surface area contributed by atoms with Gasteiger partial charge in [0.1, 0.15) is 11.5 Å². The number of furan rings is 1. The van der Waals surface area contributed by atoms with Crippen LogP contribution in [0.2, 0.25) is 0 Å². The second kappa shape index (κ2) is 10.5. The van der Waals surface area contributed by atoms with Gasteiger partial charge in [-0.2, -0.15) is 0 Å². The fourth-order valence-electron chi connectivity index (χ4n) is 3.13. The Morgan fingerprint density at radius 3 is 2.61 bits per heavy atom. The summed E-state index contributed by atoms with van der Waals surface area (Å²) in [6.07, 6.45) is 8.87. The van der Waals surface area contributed by atoms with Crippen LogP contribution in [-0.2, 0) is 9.53 Å². The number of benzene rings is 1. The van der Waals surface area contributed by atoms with E-state index in [1.807, 2.05) is 6.07 Å². The monoisotopic (exact) mass is 382 g/mol. The Morgan fingerprint density at radius 2 is 1.89 bits per heavy atom. The summed E-state index contributed by atoms with van der Waals surface area (Å²) < 4.78 is 11.1. The zero-order valence-corrected chi connectivity index (χ0v) is 15.9. The number of rotatable bonds is 9. The first kappa shape index (κ1) is 19.9. The molecule has 0 unspecified atom stereocenters. The molecule has 0 radical (unpaired) electrons. The molecule has 148 valence electrons. The van der Waals surface area contributed by atoms with Gasteiger partial charge in [0.05, 0.1) is 12.4 Å². The fraction of sp³-hybridized carbons (Fsp3) is 0.364. The highest BCUT2D eigenvalue weighted by Crippen LogP contribution is 2.20. The molecule has 1 aromatic carbocycles. The quantitative estimate of drug-likeness (QED) is 0.514. The summed E-state index contributed by atoms with van der Waals surface area (Å²) in [6, 6.07) is 12.2. The van der Waals surface area contributed by atoms with E-state index in [-0.39, 0.29) is 17.5 Å². The minimum Gasteiger partial charge on any atom is -0.465 e. The zero-order chi connectivity index (χ0) is 19.6. The molecule has 2 amide bonds. The third kappa shape index (κ3) is 6.09. The van der Waals surface area contributed by atoms with E-state index in [1.54, 1.807) is 36.4 Å². The number of ether oxygens (including phenoxy) is 1. The van der Waals surface area contributed by atoms with Gasteiger partial charge in [0, 0.05) is 24.8 Å². The lowest BCUT2D eigenvalue weighted by atomic mass is 10.2. The number of amides is 2. The minimum atomic E-state index is -0.360. The van der Waals surface area contributed by atoms with Crippen molar-refractivity contribution in [3.05, 3.63) is 65.7 Å². The molecule has 1 aliphatic rings. The van der Waals surface area contributed by atoms with E-state index >= 15 is 0 Å². The van der Waals surface area contributed by atoms with Crippen LogP contribution in [0.15, 0.2) is 58.8 Å². The number of hydrogen-bond acceptors (Lipinski definition) is 4. The topological polar surface area (TPSA) is 80.6 Å². The Hall–Kier alpha value is -2.86. The van der Waals surface area contributed by atoms with Crippen LogP contribution < -0.4 is 10.6 Å². The van der Waals surface area contributed by atoms with Crippen molar-refractivity contribution in [2.24, 2.45) is 0 Å². The van der Waals surface area contributed by atoms with Gasteiger partial charge < -0.3 is 19.8 Å². The number of carbonyl (C=O) groups is 2. The minimum absolute atomic E-state index is 0.139. The molecule has 28 heavy (non-hydrogen) atoms. The second-order valence-corrected chi connectivity index (χ2v) is 6.78. The summed E-state index contributed by atoms with van der Waals surface area (Å²) in [6.45, 7) is 1.10. The average molecular weight is 382 g/mol. The largest absolute Gasteiger partial charge is 0.465 e. The van der Waals surface area contributed by atoms with Crippen molar-refractivity contribution >= 4 is 17.9 Å². The van der Waals surface area contributed by atoms with E-state index in [2.05, 4.69) is 10.6 Å². The highest BCUT2D eigenvalue weighted by Gasteiger charge is 2.16. The van der Waals surface area contributed by atoms with Gasteiger partial charge in [-0.1, -0.05) is 31.0 Å². The number of carbonyl (C=O) groups excluding carboxylic acids is 2. The van der Waals surface area contributed by atoms with Gasteiger partial charge in [0.2, 0.25) is 0 Å². The third-order valence-electron chi connectivity index (χ3n) is 4.62. The molecule has 2 N–H and O–H groups in total. The van der Waals surface area contributed by atoms with Crippen molar-refractivity contribution in [3.8, 4) is 0 Å². The van der Waals surface area contributed by atoms with E-state index in [9.17, 15) is 9.59 Å². The van der Waals surface area contributed by atoms with E-state index in [1.165, 1.54) is 25.2 Å². The summed E-state index contributed by atoms with van der Waals surface area (Å²) in [5, 5.41) is 5.51. The number of hydrogen-bond donors (Lipinski definition) is 2. The third-order valence-corrected chi connectivity index (χ3v) is 4.62. The highest BCUT2D eigenvalue weighted by atomic mass is 16.5. The predicted octanol–water partition coefficient (Wildman–Crippen LogP) is 3.52. The zero-order valence-electron chi connectivity index (χ0n) is 15.9. The summed E-state index contributed by atoms with van der Waals surface area (Å²) in [7, 11) is 0. The first-order chi connectivity index (χ1) is 13.7. The molecular weight excluding hydrogens is 356 g/mol. The van der Waals surface area contributed by atoms with Gasteiger partial charge >= 0.3 is 0 Å². The molecule has 0 spiro atoms. The molecule has 2 aromatic rings. The molecule has 3 rings (SSSR count). The molecule has 1 fully saturated rings. The van der Waals surface area contributed by atoms with Crippen LogP contribution in [0.1, 0.15) is 48.2 Å². The molecule has 0 saturated heterocycles. The van der Waals surface area contributed by atoms with Gasteiger partial charge in [-0.25, -0.2) is 0 Å². The van der Waals surface area contributed by atoms with Crippen LogP contribution in [0, 0.1) is 0 Å². The van der Waals surface area contributed by atoms with Crippen LogP contribution in [0.3, 0.4) is 0 Å². The molecule has 0 aliphatic heterocycles. The Labute approximate surface area is 165 Å². The Balaban J connectivity index is 1.53. The van der Waals surface area contributed by atoms with E-state index in [0.717, 1.165) is 19.3 Å². The molecule has 0 bridgehead atoms. The van der Waals surface area contributed by atoms with Crippen LogP contribution in [0.4, 0.5) is 0 Å². The molecular formula is C22H26N2O4. The lowest BCUT2D eigenvalue weighted by Gasteiger charge is -2.12. The van der Waals surface area contributed by atoms with Crippen molar-refractivity contribution in [3.63, 3.8) is 0 Å². The van der Waals surface area contributed by atoms with Gasteiger partial charge in [-0.15, -0.1) is 0 Å². The van der Waals surface area contributed by atoms with Crippen LogP contribution >= 0.6 is 0 Å². The molecule has 6 nitrogen and oxygen atoms in total. The van der Waals surface area contributed by atoms with Crippen LogP contribution in [-0.4, -0.2) is 31.1 Å². The van der Waals surface area contributed by atoms with Gasteiger partial charge in [0.15, 0.2) is 0 Å². The van der Waals surface area contributed by atoms with Crippen molar-refractivity contribution in [2.75, 3.05) is 13.2 Å². The summed E-state index contributed by atoms with van der Waals surface area (Å²) in [5.41, 5.74) is 0.617. The van der Waals surface area contributed by atoms with Crippen molar-refractivity contribution < 1.29 is 18.7 Å². The van der Waals surface area contributed by atoms with Crippen LogP contribution in [0.25, 0.3) is 6.08 Å². The molecule has 1 aliphatic carbocycles. The smallest absolute Gasteiger partial charge is 0.267 e. The normalized spacial score (nSPS) is 14.8. The maximum absolute atomic E-state index is 12.6. The lowest BCUT2D eigenvalue weighted by Crippen LogP contribution is -2.35. The van der Waals surface area contributed by atoms with E-state index in [4.69, 9.17) is 9.15 Å². The fourth-order valence-corrected chi connectivity index (χ4v) is 3.13. The lowest BCUT2D eigenvalue weighted by molar-refractivity contribution is -0.117. The Morgan fingerprint density at radius 1 is 1.11 bits per heavy atom. The van der Waals surface area contributed by atoms with E-state index in [0.29, 0.717) is 30.6 Å². The summed E-state index contributed by atoms with van der Waals surface area (Å²) >= 11 is 0. The number of nitrogens with one attached hydrogen (secondary N) is 2. The van der Waals surface area contributed by atoms with Crippen LogP contribution in [0.5, 0.6) is 0 Å². The molecule has 0 atom stereocenters. The maximum Gasteiger partial charge on any atom is 0.267 e. The van der Waals surface area contributed by atoms with Crippen molar-refractivity contribution in [2.45, 2.75) is 38.2 Å². The predicted molar refractivity (Wildman–Crippen MR) is 106 cm³/mol. The van der Waals surface area contributed by atoms with E-state index < -0.39 is 0 Å². The van der Waals surface area contributed by atoms with Crippen molar-refractivity contribution in [1.82, 2.24) is 10.6 Å². The Bertz CT molecular complexity index is 778. The molecule has 1 saturated carbocycles. The van der Waals surface area contributed by atoms with Gasteiger partial charge in [-0.3, -0.25) is 9.59 Å². The summed E-state index contributed by atoms with van der Waals surface area (Å²) in [4.78, 5) is 25.0. The SMILES string of the molecule is O=C(NCCCOC1CCCC1)/C(=C/c1ccco1)NC(=O)c1ccccc1. The average Bonchev–Trinajstić information content (AvgIpc) is 3.42. The second-order valence-electron chi connectivity index (χ2n) is 6.78. The highest BCUT2D eigenvalue weighted by molar-refractivity contribution is 6.05. The van der Waals surface area contributed by atoms with Gasteiger partial charge in [0.25, 0.3) is 11.8 Å². The molecule has 6 heteroatoms. The first-order valence-electron chi connectivity index (χ1n) is 9.74. The summed E-state index contributed by atoms with van der Waals surface area (Å²) in [5.74, 6) is -0.220. The van der Waals surface area contributed by atoms with Crippen molar-refractivity contribution in [1.29, 1.82) is 0 Å². The first-order valence-corrected chi connectivity index (χ1v) is 9.74. The Kier molecular flexibility index (Phi) is 7.44.